The van der Waals surface area contributed by atoms with E-state index in [9.17, 15) is 13.2 Å². The van der Waals surface area contributed by atoms with E-state index >= 15 is 0 Å². The van der Waals surface area contributed by atoms with E-state index in [1.54, 1.807) is 12.1 Å². The molecule has 8 heteroatoms. The lowest BCUT2D eigenvalue weighted by Gasteiger charge is -2.07. The summed E-state index contributed by atoms with van der Waals surface area (Å²) in [5, 5.41) is 1.78. The number of amides is 1. The van der Waals surface area contributed by atoms with Gasteiger partial charge >= 0.3 is 0 Å². The first-order chi connectivity index (χ1) is 13.0. The Morgan fingerprint density at radius 3 is 2.48 bits per heavy atom. The van der Waals surface area contributed by atoms with Crippen molar-refractivity contribution in [2.24, 2.45) is 0 Å². The molecule has 140 valence electrons. The van der Waals surface area contributed by atoms with E-state index in [2.05, 4.69) is 4.98 Å². The molecule has 2 aromatic carbocycles. The standard InChI is InChI=1S/C19H18N2O4S2/c1-2-14-8-10-16(11-9-14)25-12-17(22)21-27(23,24)18-13-26-19(20-18)15-6-4-3-5-7-15/h3-11,13H,2,12H2,1H3,(H,21,22). The highest BCUT2D eigenvalue weighted by Crippen LogP contribution is 2.25. The summed E-state index contributed by atoms with van der Waals surface area (Å²) in [4.78, 5) is 16.1. The molecule has 1 N–H and O–H groups in total. The molecule has 0 unspecified atom stereocenters. The number of sulfonamides is 1. The van der Waals surface area contributed by atoms with Crippen LogP contribution >= 0.6 is 11.3 Å². The number of ether oxygens (including phenoxy) is 1. The molecule has 1 heterocycles. The van der Waals surface area contributed by atoms with Gasteiger partial charge in [0.2, 0.25) is 0 Å². The minimum absolute atomic E-state index is 0.188. The van der Waals surface area contributed by atoms with Crippen LogP contribution in [0.5, 0.6) is 5.75 Å². The van der Waals surface area contributed by atoms with Gasteiger partial charge in [-0.1, -0.05) is 49.4 Å². The van der Waals surface area contributed by atoms with Gasteiger partial charge in [0.05, 0.1) is 0 Å². The summed E-state index contributed by atoms with van der Waals surface area (Å²) in [5.41, 5.74) is 1.96. The molecule has 3 rings (SSSR count). The van der Waals surface area contributed by atoms with E-state index in [1.165, 1.54) is 16.7 Å². The lowest BCUT2D eigenvalue weighted by Crippen LogP contribution is -2.34. The largest absolute Gasteiger partial charge is 0.484 e. The number of aryl methyl sites for hydroxylation is 1. The molecule has 0 spiro atoms. The lowest BCUT2D eigenvalue weighted by molar-refractivity contribution is -0.121. The summed E-state index contributed by atoms with van der Waals surface area (Å²) in [7, 11) is -4.04. The van der Waals surface area contributed by atoms with Crippen molar-refractivity contribution in [2.75, 3.05) is 6.61 Å². The van der Waals surface area contributed by atoms with E-state index in [1.807, 2.05) is 54.1 Å². The van der Waals surface area contributed by atoms with Gasteiger partial charge in [-0.15, -0.1) is 11.3 Å². The molecule has 1 aromatic heterocycles. The van der Waals surface area contributed by atoms with E-state index < -0.39 is 22.5 Å². The Balaban J connectivity index is 1.62. The number of benzene rings is 2. The third-order valence-electron chi connectivity index (χ3n) is 3.73. The fourth-order valence-electron chi connectivity index (χ4n) is 2.30. The summed E-state index contributed by atoms with van der Waals surface area (Å²) >= 11 is 1.20. The summed E-state index contributed by atoms with van der Waals surface area (Å²) < 4.78 is 32.0. The van der Waals surface area contributed by atoms with Gasteiger partial charge in [-0.05, 0) is 24.1 Å². The fourth-order valence-corrected chi connectivity index (χ4v) is 4.37. The van der Waals surface area contributed by atoms with Gasteiger partial charge in [-0.25, -0.2) is 9.71 Å². The van der Waals surface area contributed by atoms with E-state index in [4.69, 9.17) is 4.74 Å². The van der Waals surface area contributed by atoms with Crippen molar-refractivity contribution in [3.05, 3.63) is 65.5 Å². The number of thiazole rings is 1. The molecular weight excluding hydrogens is 384 g/mol. The van der Waals surface area contributed by atoms with Gasteiger partial charge in [-0.2, -0.15) is 8.42 Å². The highest BCUT2D eigenvalue weighted by molar-refractivity contribution is 7.90. The number of aromatic nitrogens is 1. The van der Waals surface area contributed by atoms with Gasteiger partial charge in [0, 0.05) is 10.9 Å². The Bertz CT molecular complexity index is 1010. The van der Waals surface area contributed by atoms with Crippen LogP contribution in [0.3, 0.4) is 0 Å². The number of rotatable bonds is 7. The highest BCUT2D eigenvalue weighted by atomic mass is 32.2. The predicted molar refractivity (Wildman–Crippen MR) is 104 cm³/mol. The molecule has 0 atom stereocenters. The Kier molecular flexibility index (Phi) is 5.88. The lowest BCUT2D eigenvalue weighted by atomic mass is 10.2. The van der Waals surface area contributed by atoms with Crippen molar-refractivity contribution in [3.63, 3.8) is 0 Å². The normalized spacial score (nSPS) is 11.1. The molecule has 0 aliphatic carbocycles. The van der Waals surface area contributed by atoms with Crippen LogP contribution in [0, 0.1) is 0 Å². The summed E-state index contributed by atoms with van der Waals surface area (Å²) in [6.07, 6.45) is 0.900. The van der Waals surface area contributed by atoms with Crippen LogP contribution in [-0.4, -0.2) is 25.9 Å². The molecule has 27 heavy (non-hydrogen) atoms. The van der Waals surface area contributed by atoms with Crippen LogP contribution in [-0.2, 0) is 21.2 Å². The molecule has 6 nitrogen and oxygen atoms in total. The maximum atomic E-state index is 12.3. The van der Waals surface area contributed by atoms with Crippen molar-refractivity contribution in [1.29, 1.82) is 0 Å². The van der Waals surface area contributed by atoms with E-state index in [-0.39, 0.29) is 5.03 Å². The molecule has 0 aliphatic rings. The maximum absolute atomic E-state index is 12.3. The number of hydrogen-bond acceptors (Lipinski definition) is 6. The average Bonchev–Trinajstić information content (AvgIpc) is 3.18. The zero-order valence-electron chi connectivity index (χ0n) is 14.6. The highest BCUT2D eigenvalue weighted by Gasteiger charge is 2.21. The topological polar surface area (TPSA) is 85.4 Å². The maximum Gasteiger partial charge on any atom is 0.282 e. The number of nitrogens with zero attached hydrogens (tertiary/aromatic N) is 1. The zero-order chi connectivity index (χ0) is 19.3. The monoisotopic (exact) mass is 402 g/mol. The second kappa shape index (κ2) is 8.32. The van der Waals surface area contributed by atoms with Crippen LogP contribution in [0.1, 0.15) is 12.5 Å². The molecule has 0 saturated carbocycles. The van der Waals surface area contributed by atoms with Crippen molar-refractivity contribution < 1.29 is 17.9 Å². The van der Waals surface area contributed by atoms with Crippen molar-refractivity contribution >= 4 is 27.3 Å². The minimum atomic E-state index is -4.04. The zero-order valence-corrected chi connectivity index (χ0v) is 16.2. The van der Waals surface area contributed by atoms with E-state index in [0.717, 1.165) is 17.5 Å². The van der Waals surface area contributed by atoms with Crippen molar-refractivity contribution in [1.82, 2.24) is 9.71 Å². The molecule has 0 aliphatic heterocycles. The summed E-state index contributed by atoms with van der Waals surface area (Å²) in [6, 6.07) is 16.5. The van der Waals surface area contributed by atoms with Crippen LogP contribution in [0.25, 0.3) is 10.6 Å². The molecule has 1 amide bonds. The molecule has 3 aromatic rings. The number of carbonyl (C=O) groups is 1. The first-order valence-electron chi connectivity index (χ1n) is 8.26. The van der Waals surface area contributed by atoms with Crippen LogP contribution in [0.15, 0.2) is 65.0 Å². The van der Waals surface area contributed by atoms with Gasteiger partial charge in [0.1, 0.15) is 10.8 Å². The fraction of sp³-hybridized carbons (Fsp3) is 0.158. The Morgan fingerprint density at radius 1 is 1.11 bits per heavy atom. The molecular formula is C19H18N2O4S2. The van der Waals surface area contributed by atoms with Crippen LogP contribution < -0.4 is 9.46 Å². The molecule has 0 radical (unpaired) electrons. The van der Waals surface area contributed by atoms with Gasteiger partial charge < -0.3 is 4.74 Å². The number of carbonyl (C=O) groups excluding carboxylic acids is 1. The van der Waals surface area contributed by atoms with Crippen molar-refractivity contribution in [3.8, 4) is 16.3 Å². The van der Waals surface area contributed by atoms with Gasteiger partial charge in [0.15, 0.2) is 11.6 Å². The molecule has 0 fully saturated rings. The second-order valence-corrected chi connectivity index (χ2v) is 8.16. The Hall–Kier alpha value is -2.71. The summed E-state index contributed by atoms with van der Waals surface area (Å²) in [5.74, 6) is -0.261. The first-order valence-corrected chi connectivity index (χ1v) is 10.6. The predicted octanol–water partition coefficient (Wildman–Crippen LogP) is 3.26. The average molecular weight is 402 g/mol. The molecule has 0 saturated heterocycles. The van der Waals surface area contributed by atoms with E-state index in [0.29, 0.717) is 10.8 Å². The van der Waals surface area contributed by atoms with Gasteiger partial charge in [0.25, 0.3) is 15.9 Å². The van der Waals surface area contributed by atoms with Gasteiger partial charge in [-0.3, -0.25) is 4.79 Å². The minimum Gasteiger partial charge on any atom is -0.484 e. The smallest absolute Gasteiger partial charge is 0.282 e. The third kappa shape index (κ3) is 4.93. The number of hydrogen-bond donors (Lipinski definition) is 1. The second-order valence-electron chi connectivity index (χ2n) is 5.67. The van der Waals surface area contributed by atoms with Crippen molar-refractivity contribution in [2.45, 2.75) is 18.4 Å². The Labute approximate surface area is 161 Å². The third-order valence-corrected chi connectivity index (χ3v) is 6.03. The summed E-state index contributed by atoms with van der Waals surface area (Å²) in [6.45, 7) is 1.64. The number of nitrogens with one attached hydrogen (secondary N) is 1. The first kappa shape index (κ1) is 19.1. The molecule has 0 bridgehead atoms. The van der Waals surface area contributed by atoms with Crippen LogP contribution in [0.4, 0.5) is 0 Å². The Morgan fingerprint density at radius 2 is 1.81 bits per heavy atom. The van der Waals surface area contributed by atoms with Crippen LogP contribution in [0.2, 0.25) is 0 Å². The SMILES string of the molecule is CCc1ccc(OCC(=O)NS(=O)(=O)c2csc(-c3ccccc3)n2)cc1. The quantitative estimate of drug-likeness (QED) is 0.656.